The van der Waals surface area contributed by atoms with E-state index in [1.54, 1.807) is 33.8 Å². The molecule has 42 heavy (non-hydrogen) atoms. The van der Waals surface area contributed by atoms with Gasteiger partial charge in [0.2, 0.25) is 8.41 Å². The second-order valence-electron chi connectivity index (χ2n) is 11.9. The number of aliphatic hydroxyl groups is 1. The summed E-state index contributed by atoms with van der Waals surface area (Å²) in [5, 5.41) is 17.4. The van der Waals surface area contributed by atoms with Crippen LogP contribution in [0.15, 0.2) is 54.7 Å². The maximum atomic E-state index is 16.1. The summed E-state index contributed by atoms with van der Waals surface area (Å²) in [7, 11) is -3.29. The van der Waals surface area contributed by atoms with Crippen molar-refractivity contribution in [2.24, 2.45) is 5.92 Å². The third-order valence-corrected chi connectivity index (χ3v) is 11.2. The smallest absolute Gasteiger partial charge is 0.414 e. The normalized spacial score (nSPS) is 25.5. The predicted molar refractivity (Wildman–Crippen MR) is 156 cm³/mol. The molecule has 2 amide bonds. The first kappa shape index (κ1) is 28.5. The Morgan fingerprint density at radius 2 is 1.98 bits per heavy atom. The van der Waals surface area contributed by atoms with Gasteiger partial charge in [-0.2, -0.15) is 0 Å². The maximum Gasteiger partial charge on any atom is 0.414 e. The van der Waals surface area contributed by atoms with E-state index in [0.29, 0.717) is 38.2 Å². The number of aliphatic hydroxyl groups excluding tert-OH is 1. The van der Waals surface area contributed by atoms with Crippen molar-refractivity contribution in [2.75, 3.05) is 29.6 Å². The Bertz CT molecular complexity index is 1490. The number of fused-ring (bicyclic) bond motifs is 2. The van der Waals surface area contributed by atoms with Crippen LogP contribution in [-0.2, 0) is 39.4 Å². The van der Waals surface area contributed by atoms with Crippen molar-refractivity contribution < 1.29 is 28.3 Å². The molecule has 6 rings (SSSR count). The number of carbonyl (C=O) groups excluding carboxylic acids is 2. The van der Waals surface area contributed by atoms with Gasteiger partial charge in [0.05, 0.1) is 30.6 Å². The first-order valence-electron chi connectivity index (χ1n) is 14.4. The number of aryl methyl sites for hydroxylation is 1. The van der Waals surface area contributed by atoms with Crippen molar-refractivity contribution in [3.63, 3.8) is 0 Å². The maximum absolute atomic E-state index is 16.1. The molecule has 0 radical (unpaired) electrons. The summed E-state index contributed by atoms with van der Waals surface area (Å²) in [5.41, 5.74) is 2.06. The summed E-state index contributed by atoms with van der Waals surface area (Å²) in [6, 6.07) is 15.2. The Balaban J connectivity index is 1.30. The Morgan fingerprint density at radius 1 is 1.17 bits per heavy atom. The van der Waals surface area contributed by atoms with Gasteiger partial charge in [0.15, 0.2) is 5.60 Å². The van der Waals surface area contributed by atoms with Gasteiger partial charge in [-0.1, -0.05) is 42.5 Å². The molecular formula is C30H36FN5O5Si. The highest BCUT2D eigenvalue weighted by Crippen LogP contribution is 2.60. The van der Waals surface area contributed by atoms with Crippen LogP contribution in [-0.4, -0.2) is 66.4 Å². The van der Waals surface area contributed by atoms with E-state index in [1.165, 1.54) is 0 Å². The van der Waals surface area contributed by atoms with Gasteiger partial charge in [0, 0.05) is 48.5 Å². The van der Waals surface area contributed by atoms with Crippen molar-refractivity contribution in [2.45, 2.75) is 63.2 Å². The van der Waals surface area contributed by atoms with Crippen molar-refractivity contribution >= 4 is 31.8 Å². The molecule has 3 aliphatic rings. The molecule has 0 saturated carbocycles. The lowest BCUT2D eigenvalue weighted by atomic mass is 9.82. The second kappa shape index (κ2) is 10.9. The zero-order chi connectivity index (χ0) is 29.6. The summed E-state index contributed by atoms with van der Waals surface area (Å²) in [5.74, 6) is -0.585. The summed E-state index contributed by atoms with van der Waals surface area (Å²) < 4.78 is 29.6. The highest BCUT2D eigenvalue weighted by atomic mass is 28.4. The van der Waals surface area contributed by atoms with Gasteiger partial charge in [0.1, 0.15) is 6.61 Å². The zero-order valence-electron chi connectivity index (χ0n) is 24.1. The second-order valence-corrected chi connectivity index (χ2v) is 15.6. The Hall–Kier alpha value is -3.61. The highest BCUT2D eigenvalue weighted by molar-refractivity contribution is 6.72. The molecule has 0 bridgehead atoms. The average Bonchev–Trinajstić information content (AvgIpc) is 3.71. The molecule has 2 saturated heterocycles. The quantitative estimate of drug-likeness (QED) is 0.293. The molecule has 1 N–H and O–H groups in total. The average molecular weight is 594 g/mol. The van der Waals surface area contributed by atoms with E-state index in [-0.39, 0.29) is 31.1 Å². The minimum Gasteiger partial charge on any atom is -0.447 e. The van der Waals surface area contributed by atoms with Crippen LogP contribution in [0.1, 0.15) is 30.2 Å². The van der Waals surface area contributed by atoms with Crippen molar-refractivity contribution in [1.82, 2.24) is 15.0 Å². The van der Waals surface area contributed by atoms with Crippen LogP contribution in [0.25, 0.3) is 0 Å². The predicted octanol–water partition coefficient (Wildman–Crippen LogP) is 4.18. The van der Waals surface area contributed by atoms with E-state index in [4.69, 9.17) is 9.47 Å². The number of para-hydroxylation sites is 1. The van der Waals surface area contributed by atoms with Gasteiger partial charge < -0.3 is 23.6 Å². The molecular weight excluding hydrogens is 557 g/mol. The third kappa shape index (κ3) is 4.80. The standard InChI is InChI=1S/C30H36FN5O5Si/c1-20-27(42(2,3)31)26(11-13-34-19-22(12-15-37)32-33-34)41-30(20)24-9-4-5-10-25(24)36(28(30)38)18-21-7-6-8-23(17-21)35-14-16-40-29(35)39/h4-10,17,19-20,26-27,37H,11-16,18H2,1-3H3/t20-,26+,27-,30+/m0/s1. The number of anilines is 2. The van der Waals surface area contributed by atoms with E-state index in [9.17, 15) is 14.7 Å². The van der Waals surface area contributed by atoms with E-state index in [0.717, 1.165) is 22.5 Å². The number of halogens is 1. The largest absolute Gasteiger partial charge is 0.447 e. The number of carbonyl (C=O) groups is 2. The van der Waals surface area contributed by atoms with Crippen LogP contribution < -0.4 is 9.80 Å². The molecule has 4 heterocycles. The molecule has 1 spiro atoms. The van der Waals surface area contributed by atoms with Gasteiger partial charge in [-0.15, -0.1) is 5.10 Å². The topological polar surface area (TPSA) is 110 Å². The molecule has 10 nitrogen and oxygen atoms in total. The molecule has 4 atom stereocenters. The van der Waals surface area contributed by atoms with E-state index in [1.807, 2.05) is 55.5 Å². The van der Waals surface area contributed by atoms with Crippen molar-refractivity contribution in [3.8, 4) is 0 Å². The number of benzene rings is 2. The van der Waals surface area contributed by atoms with Crippen molar-refractivity contribution in [1.29, 1.82) is 0 Å². The number of cyclic esters (lactones) is 1. The van der Waals surface area contributed by atoms with Gasteiger partial charge in [0.25, 0.3) is 5.91 Å². The number of amides is 2. The number of rotatable bonds is 9. The number of ether oxygens (including phenoxy) is 2. The monoisotopic (exact) mass is 593 g/mol. The Labute approximate surface area is 245 Å². The highest BCUT2D eigenvalue weighted by Gasteiger charge is 2.66. The lowest BCUT2D eigenvalue weighted by molar-refractivity contribution is -0.146. The van der Waals surface area contributed by atoms with Gasteiger partial charge in [-0.3, -0.25) is 14.4 Å². The molecule has 2 fully saturated rings. The molecule has 1 aromatic heterocycles. The van der Waals surface area contributed by atoms with E-state index >= 15 is 4.11 Å². The van der Waals surface area contributed by atoms with Crippen LogP contribution >= 0.6 is 0 Å². The summed E-state index contributed by atoms with van der Waals surface area (Å²) in [4.78, 5) is 30.0. The SMILES string of the molecule is C[C@H]1[C@H]([Si](C)(C)F)[C@@H](CCn2cc(CCO)nn2)O[C@]12C(=O)N(Cc1cccc(N3CCOC3=O)c1)c1ccccc12. The molecule has 222 valence electrons. The lowest BCUT2D eigenvalue weighted by Gasteiger charge is -2.31. The lowest BCUT2D eigenvalue weighted by Crippen LogP contribution is -2.45. The third-order valence-electron chi connectivity index (χ3n) is 8.79. The molecule has 2 aromatic carbocycles. The minimum absolute atomic E-state index is 0.0126. The number of nitrogens with zero attached hydrogens (tertiary/aromatic N) is 5. The number of hydrogen-bond donors (Lipinski definition) is 1. The summed E-state index contributed by atoms with van der Waals surface area (Å²) >= 11 is 0. The van der Waals surface area contributed by atoms with Crippen LogP contribution in [0, 0.1) is 5.92 Å². The fourth-order valence-electron chi connectivity index (χ4n) is 7.00. The fourth-order valence-corrected chi connectivity index (χ4v) is 9.54. The molecule has 0 unspecified atom stereocenters. The Morgan fingerprint density at radius 3 is 2.71 bits per heavy atom. The number of aromatic nitrogens is 3. The van der Waals surface area contributed by atoms with Crippen LogP contribution in [0.3, 0.4) is 0 Å². The van der Waals surface area contributed by atoms with Gasteiger partial charge in [-0.05, 0) is 43.3 Å². The molecule has 12 heteroatoms. The number of hydrogen-bond acceptors (Lipinski definition) is 7. The van der Waals surface area contributed by atoms with Crippen LogP contribution in [0.2, 0.25) is 18.6 Å². The molecule has 3 aliphatic heterocycles. The van der Waals surface area contributed by atoms with Gasteiger partial charge >= 0.3 is 6.09 Å². The fraction of sp³-hybridized carbons (Fsp3) is 0.467. The van der Waals surface area contributed by atoms with Gasteiger partial charge in [-0.25, -0.2) is 4.79 Å². The summed E-state index contributed by atoms with van der Waals surface area (Å²) in [6.45, 7) is 6.88. The zero-order valence-corrected chi connectivity index (χ0v) is 25.1. The van der Waals surface area contributed by atoms with E-state index < -0.39 is 25.7 Å². The first-order chi connectivity index (χ1) is 20.1. The minimum atomic E-state index is -3.29. The van der Waals surface area contributed by atoms with E-state index in [2.05, 4.69) is 10.3 Å². The molecule has 0 aliphatic carbocycles. The van der Waals surface area contributed by atoms with Crippen LogP contribution in [0.4, 0.5) is 20.3 Å². The first-order valence-corrected chi connectivity index (χ1v) is 17.4. The van der Waals surface area contributed by atoms with Crippen molar-refractivity contribution in [3.05, 3.63) is 71.5 Å². The Kier molecular flexibility index (Phi) is 7.40. The van der Waals surface area contributed by atoms with Crippen LogP contribution in [0.5, 0.6) is 0 Å². The summed E-state index contributed by atoms with van der Waals surface area (Å²) in [6.07, 6.45) is 1.80. The molecule has 3 aromatic rings.